The molecule has 2 amide bonds. The molecule has 2 aromatic heterocycles. The third kappa shape index (κ3) is 5.08. The molecule has 1 fully saturated rings. The summed E-state index contributed by atoms with van der Waals surface area (Å²) in [7, 11) is 0. The molecule has 7 heteroatoms. The van der Waals surface area contributed by atoms with Crippen molar-refractivity contribution in [3.05, 3.63) is 77.5 Å². The van der Waals surface area contributed by atoms with Crippen molar-refractivity contribution in [3.8, 4) is 11.3 Å². The van der Waals surface area contributed by atoms with Crippen molar-refractivity contribution in [3.63, 3.8) is 0 Å². The SMILES string of the molecule is CCCC1CNC(=O)[C@H]1c1cc(C(=O)NC(C)c2cnccn2)cc(-c2ccc(C)cn2)c1. The van der Waals surface area contributed by atoms with E-state index in [2.05, 4.69) is 32.5 Å². The molecule has 2 unspecified atom stereocenters. The molecule has 3 atom stereocenters. The summed E-state index contributed by atoms with van der Waals surface area (Å²) in [6.07, 6.45) is 8.59. The zero-order valence-corrected chi connectivity index (χ0v) is 19.2. The lowest BCUT2D eigenvalue weighted by Gasteiger charge is -2.19. The van der Waals surface area contributed by atoms with Gasteiger partial charge in [-0.1, -0.05) is 19.4 Å². The number of carbonyl (C=O) groups is 2. The van der Waals surface area contributed by atoms with E-state index in [0.29, 0.717) is 17.8 Å². The van der Waals surface area contributed by atoms with Crippen LogP contribution in [-0.4, -0.2) is 33.3 Å². The van der Waals surface area contributed by atoms with Gasteiger partial charge in [0.1, 0.15) is 0 Å². The minimum absolute atomic E-state index is 0.0155. The highest BCUT2D eigenvalue weighted by molar-refractivity contribution is 5.96. The molecule has 1 aliphatic heterocycles. The number of nitrogens with zero attached hydrogens (tertiary/aromatic N) is 3. The highest BCUT2D eigenvalue weighted by atomic mass is 16.2. The number of aryl methyl sites for hydroxylation is 1. The smallest absolute Gasteiger partial charge is 0.251 e. The normalized spacial score (nSPS) is 18.6. The van der Waals surface area contributed by atoms with Gasteiger partial charge in [-0.05, 0) is 61.6 Å². The van der Waals surface area contributed by atoms with Gasteiger partial charge in [-0.3, -0.25) is 24.5 Å². The van der Waals surface area contributed by atoms with E-state index in [1.54, 1.807) is 24.8 Å². The van der Waals surface area contributed by atoms with Crippen LogP contribution in [0.25, 0.3) is 11.3 Å². The quantitative estimate of drug-likeness (QED) is 0.576. The number of rotatable bonds is 7. The highest BCUT2D eigenvalue weighted by Crippen LogP contribution is 2.35. The van der Waals surface area contributed by atoms with Crippen LogP contribution in [-0.2, 0) is 4.79 Å². The molecule has 0 aliphatic carbocycles. The van der Waals surface area contributed by atoms with E-state index < -0.39 is 0 Å². The number of nitrogens with one attached hydrogen (secondary N) is 2. The summed E-state index contributed by atoms with van der Waals surface area (Å²) in [5, 5.41) is 6.01. The van der Waals surface area contributed by atoms with Crippen molar-refractivity contribution in [1.82, 2.24) is 25.6 Å². The minimum atomic E-state index is -0.307. The number of benzene rings is 1. The molecule has 1 aromatic carbocycles. The third-order valence-corrected chi connectivity index (χ3v) is 6.11. The Morgan fingerprint density at radius 1 is 1.18 bits per heavy atom. The Balaban J connectivity index is 1.72. The second kappa shape index (κ2) is 9.90. The van der Waals surface area contributed by atoms with Gasteiger partial charge >= 0.3 is 0 Å². The van der Waals surface area contributed by atoms with Crippen molar-refractivity contribution in [1.29, 1.82) is 0 Å². The van der Waals surface area contributed by atoms with Crippen molar-refractivity contribution in [2.45, 2.75) is 45.6 Å². The second-order valence-electron chi connectivity index (χ2n) is 8.66. The molecule has 170 valence electrons. The molecule has 1 aliphatic rings. The maximum absolute atomic E-state index is 13.2. The number of carbonyl (C=O) groups excluding carboxylic acids is 2. The van der Waals surface area contributed by atoms with Gasteiger partial charge in [0.25, 0.3) is 5.91 Å². The maximum Gasteiger partial charge on any atom is 0.251 e. The van der Waals surface area contributed by atoms with Crippen molar-refractivity contribution in [2.75, 3.05) is 6.54 Å². The number of aromatic nitrogens is 3. The lowest BCUT2D eigenvalue weighted by Crippen LogP contribution is -2.27. The molecule has 3 aromatic rings. The fraction of sp³-hybridized carbons (Fsp3) is 0.346. The van der Waals surface area contributed by atoms with Gasteiger partial charge in [-0.25, -0.2) is 0 Å². The summed E-state index contributed by atoms with van der Waals surface area (Å²) in [4.78, 5) is 38.9. The summed E-state index contributed by atoms with van der Waals surface area (Å²) in [6, 6.07) is 9.30. The Kier molecular flexibility index (Phi) is 6.77. The summed E-state index contributed by atoms with van der Waals surface area (Å²) in [6.45, 7) is 6.64. The number of pyridine rings is 1. The van der Waals surface area contributed by atoms with Crippen molar-refractivity contribution in [2.24, 2.45) is 5.92 Å². The molecule has 0 spiro atoms. The van der Waals surface area contributed by atoms with Gasteiger partial charge in [-0.2, -0.15) is 0 Å². The number of amides is 2. The van der Waals surface area contributed by atoms with Crippen LogP contribution >= 0.6 is 0 Å². The van der Waals surface area contributed by atoms with Crippen LogP contribution < -0.4 is 10.6 Å². The van der Waals surface area contributed by atoms with Gasteiger partial charge in [0, 0.05) is 36.3 Å². The van der Waals surface area contributed by atoms with Gasteiger partial charge in [-0.15, -0.1) is 0 Å². The standard InChI is InChI=1S/C26H29N5O2/c1-4-5-18-14-30-26(33)24(18)20-10-19(22-7-6-16(2)13-29-22)11-21(12-20)25(32)31-17(3)23-15-27-8-9-28-23/h6-13,15,17-18,24H,4-5,14H2,1-3H3,(H,30,33)(H,31,32)/t17?,18?,24-/m1/s1. The summed E-state index contributed by atoms with van der Waals surface area (Å²) in [5.74, 6) is -0.284. The van der Waals surface area contributed by atoms with Crippen molar-refractivity contribution >= 4 is 11.8 Å². The minimum Gasteiger partial charge on any atom is -0.355 e. The van der Waals surface area contributed by atoms with Crippen LogP contribution in [0.5, 0.6) is 0 Å². The van der Waals surface area contributed by atoms with E-state index in [0.717, 1.165) is 35.2 Å². The zero-order chi connectivity index (χ0) is 23.4. The summed E-state index contributed by atoms with van der Waals surface area (Å²) >= 11 is 0. The van der Waals surface area contributed by atoms with Crippen LogP contribution in [0.4, 0.5) is 0 Å². The van der Waals surface area contributed by atoms with Gasteiger partial charge in [0.2, 0.25) is 5.91 Å². The molecule has 7 nitrogen and oxygen atoms in total. The van der Waals surface area contributed by atoms with E-state index in [1.807, 2.05) is 44.2 Å². The Morgan fingerprint density at radius 2 is 2.03 bits per heavy atom. The first-order valence-corrected chi connectivity index (χ1v) is 11.4. The molecule has 0 bridgehead atoms. The monoisotopic (exact) mass is 443 g/mol. The number of hydrogen-bond donors (Lipinski definition) is 2. The summed E-state index contributed by atoms with van der Waals surface area (Å²) in [5.41, 5.74) is 4.67. The maximum atomic E-state index is 13.2. The Bertz CT molecular complexity index is 1130. The van der Waals surface area contributed by atoms with Crippen LogP contribution in [0.3, 0.4) is 0 Å². The lowest BCUT2D eigenvalue weighted by atomic mass is 9.84. The highest BCUT2D eigenvalue weighted by Gasteiger charge is 2.35. The average molecular weight is 444 g/mol. The molecule has 0 radical (unpaired) electrons. The molecule has 1 saturated heterocycles. The third-order valence-electron chi connectivity index (χ3n) is 6.11. The zero-order valence-electron chi connectivity index (χ0n) is 19.2. The first-order chi connectivity index (χ1) is 16.0. The Morgan fingerprint density at radius 3 is 2.73 bits per heavy atom. The predicted molar refractivity (Wildman–Crippen MR) is 126 cm³/mol. The fourth-order valence-electron chi connectivity index (χ4n) is 4.37. The van der Waals surface area contributed by atoms with E-state index in [9.17, 15) is 9.59 Å². The second-order valence-corrected chi connectivity index (χ2v) is 8.66. The lowest BCUT2D eigenvalue weighted by molar-refractivity contribution is -0.120. The van der Waals surface area contributed by atoms with Gasteiger partial charge in [0.05, 0.1) is 29.5 Å². The van der Waals surface area contributed by atoms with E-state index >= 15 is 0 Å². The van der Waals surface area contributed by atoms with E-state index in [4.69, 9.17) is 0 Å². The largest absolute Gasteiger partial charge is 0.355 e. The molecule has 2 N–H and O–H groups in total. The molecular formula is C26H29N5O2. The van der Waals surface area contributed by atoms with Crippen molar-refractivity contribution < 1.29 is 9.59 Å². The van der Waals surface area contributed by atoms with Crippen LogP contribution in [0.2, 0.25) is 0 Å². The van der Waals surface area contributed by atoms with Crippen LogP contribution in [0.1, 0.15) is 65.8 Å². The van der Waals surface area contributed by atoms with Crippen LogP contribution in [0, 0.1) is 12.8 Å². The first-order valence-electron chi connectivity index (χ1n) is 11.4. The molecule has 4 rings (SSSR count). The van der Waals surface area contributed by atoms with E-state index in [1.165, 1.54) is 0 Å². The van der Waals surface area contributed by atoms with E-state index in [-0.39, 0.29) is 29.7 Å². The molecule has 3 heterocycles. The Hall–Kier alpha value is -3.61. The van der Waals surface area contributed by atoms with Gasteiger partial charge in [0.15, 0.2) is 0 Å². The first kappa shape index (κ1) is 22.6. The molecular weight excluding hydrogens is 414 g/mol. The fourth-order valence-corrected chi connectivity index (χ4v) is 4.37. The average Bonchev–Trinajstić information content (AvgIpc) is 3.20. The van der Waals surface area contributed by atoms with Crippen LogP contribution in [0.15, 0.2) is 55.1 Å². The van der Waals surface area contributed by atoms with Gasteiger partial charge < -0.3 is 10.6 Å². The Labute approximate surface area is 194 Å². The summed E-state index contributed by atoms with van der Waals surface area (Å²) < 4.78 is 0. The predicted octanol–water partition coefficient (Wildman–Crippen LogP) is 3.97. The molecule has 0 saturated carbocycles. The number of hydrogen-bond acceptors (Lipinski definition) is 5. The molecule has 33 heavy (non-hydrogen) atoms. The topological polar surface area (TPSA) is 96.9 Å².